The predicted molar refractivity (Wildman–Crippen MR) is 93.7 cm³/mol. The van der Waals surface area contributed by atoms with Gasteiger partial charge in [-0.15, -0.1) is 0 Å². The third-order valence-electron chi connectivity index (χ3n) is 4.33. The van der Waals surface area contributed by atoms with Crippen molar-refractivity contribution in [3.05, 3.63) is 18.2 Å². The summed E-state index contributed by atoms with van der Waals surface area (Å²) in [5.74, 6) is 0.436. The highest BCUT2D eigenvalue weighted by atomic mass is 32.2. The van der Waals surface area contributed by atoms with Gasteiger partial charge >= 0.3 is 0 Å². The summed E-state index contributed by atoms with van der Waals surface area (Å²) in [5, 5.41) is 2.84. The van der Waals surface area contributed by atoms with E-state index in [2.05, 4.69) is 5.32 Å². The number of ether oxygens (including phenoxy) is 1. The molecule has 0 saturated heterocycles. The molecule has 0 bridgehead atoms. The number of carbonyl (C=O) groups is 1. The highest BCUT2D eigenvalue weighted by molar-refractivity contribution is 7.89. The smallest absolute Gasteiger partial charge is 0.243 e. The molecule has 1 aliphatic rings. The molecule has 0 radical (unpaired) electrons. The second-order valence-corrected chi connectivity index (χ2v) is 7.74. The Balaban J connectivity index is 2.34. The SMILES string of the molecule is CCOc1ccc(S(=O)(=O)N(CC)CC)cc1NC(=O)C1CCC1. The average molecular weight is 354 g/mol. The van der Waals surface area contributed by atoms with Crippen LogP contribution in [0.2, 0.25) is 0 Å². The normalized spacial score (nSPS) is 15.2. The van der Waals surface area contributed by atoms with Crippen LogP contribution in [-0.4, -0.2) is 38.3 Å². The van der Waals surface area contributed by atoms with E-state index in [1.54, 1.807) is 19.9 Å². The lowest BCUT2D eigenvalue weighted by Gasteiger charge is -2.25. The monoisotopic (exact) mass is 354 g/mol. The number of nitrogens with zero attached hydrogens (tertiary/aromatic N) is 1. The van der Waals surface area contributed by atoms with Crippen molar-refractivity contribution in [2.45, 2.75) is 44.9 Å². The van der Waals surface area contributed by atoms with Crippen LogP contribution in [0.15, 0.2) is 23.1 Å². The quantitative estimate of drug-likeness (QED) is 0.779. The number of anilines is 1. The molecular formula is C17H26N2O4S. The summed E-state index contributed by atoms with van der Waals surface area (Å²) in [6, 6.07) is 4.63. The fourth-order valence-electron chi connectivity index (χ4n) is 2.67. The molecule has 1 aliphatic carbocycles. The summed E-state index contributed by atoms with van der Waals surface area (Å²) in [7, 11) is -3.58. The van der Waals surface area contributed by atoms with Gasteiger partial charge in [-0.25, -0.2) is 8.42 Å². The van der Waals surface area contributed by atoms with E-state index in [0.717, 1.165) is 19.3 Å². The summed E-state index contributed by atoms with van der Waals surface area (Å²) in [5.41, 5.74) is 0.419. The van der Waals surface area contributed by atoms with E-state index >= 15 is 0 Å². The van der Waals surface area contributed by atoms with Gasteiger partial charge in [-0.2, -0.15) is 4.31 Å². The second kappa shape index (κ2) is 7.98. The lowest BCUT2D eigenvalue weighted by molar-refractivity contribution is -0.122. The van der Waals surface area contributed by atoms with Gasteiger partial charge in [0.25, 0.3) is 0 Å². The highest BCUT2D eigenvalue weighted by Gasteiger charge is 2.27. The minimum atomic E-state index is -3.58. The molecule has 0 aliphatic heterocycles. The van der Waals surface area contributed by atoms with Gasteiger partial charge in [-0.05, 0) is 38.0 Å². The maximum absolute atomic E-state index is 12.7. The van der Waals surface area contributed by atoms with Crippen LogP contribution in [-0.2, 0) is 14.8 Å². The van der Waals surface area contributed by atoms with E-state index in [-0.39, 0.29) is 16.7 Å². The van der Waals surface area contributed by atoms with Gasteiger partial charge in [0.1, 0.15) is 5.75 Å². The van der Waals surface area contributed by atoms with Gasteiger partial charge in [0.2, 0.25) is 15.9 Å². The molecule has 1 N–H and O–H groups in total. The van der Waals surface area contributed by atoms with Crippen LogP contribution >= 0.6 is 0 Å². The van der Waals surface area contributed by atoms with E-state index in [4.69, 9.17) is 4.74 Å². The molecule has 0 unspecified atom stereocenters. The van der Waals surface area contributed by atoms with Crippen LogP contribution in [0.4, 0.5) is 5.69 Å². The van der Waals surface area contributed by atoms with Crippen molar-refractivity contribution in [3.8, 4) is 5.75 Å². The van der Waals surface area contributed by atoms with E-state index in [0.29, 0.717) is 31.1 Å². The van der Waals surface area contributed by atoms with Crippen molar-refractivity contribution in [3.63, 3.8) is 0 Å². The van der Waals surface area contributed by atoms with Crippen LogP contribution in [0.25, 0.3) is 0 Å². The Hall–Kier alpha value is -1.60. The highest BCUT2D eigenvalue weighted by Crippen LogP contribution is 2.32. The Bertz CT molecular complexity index is 680. The first-order chi connectivity index (χ1) is 11.4. The lowest BCUT2D eigenvalue weighted by Crippen LogP contribution is -2.31. The number of hydrogen-bond acceptors (Lipinski definition) is 4. The van der Waals surface area contributed by atoms with Crippen molar-refractivity contribution < 1.29 is 17.9 Å². The maximum Gasteiger partial charge on any atom is 0.243 e. The zero-order valence-corrected chi connectivity index (χ0v) is 15.4. The number of sulfonamides is 1. The van der Waals surface area contributed by atoms with Crippen molar-refractivity contribution in [2.24, 2.45) is 5.92 Å². The van der Waals surface area contributed by atoms with E-state index in [9.17, 15) is 13.2 Å². The molecule has 0 spiro atoms. The molecule has 1 saturated carbocycles. The molecule has 0 heterocycles. The number of hydrogen-bond donors (Lipinski definition) is 1. The molecule has 1 fully saturated rings. The average Bonchev–Trinajstić information content (AvgIpc) is 2.48. The fourth-order valence-corrected chi connectivity index (χ4v) is 4.15. The van der Waals surface area contributed by atoms with E-state index in [1.165, 1.54) is 16.4 Å². The largest absolute Gasteiger partial charge is 0.492 e. The molecule has 1 aromatic carbocycles. The topological polar surface area (TPSA) is 75.7 Å². The number of nitrogens with one attached hydrogen (secondary N) is 1. The Morgan fingerprint density at radius 2 is 1.92 bits per heavy atom. The number of carbonyl (C=O) groups excluding carboxylic acids is 1. The summed E-state index contributed by atoms with van der Waals surface area (Å²) in [4.78, 5) is 12.4. The Morgan fingerprint density at radius 3 is 2.42 bits per heavy atom. The lowest BCUT2D eigenvalue weighted by atomic mass is 9.85. The second-order valence-electron chi connectivity index (χ2n) is 5.80. The standard InChI is InChI=1S/C17H26N2O4S/c1-4-19(5-2)24(21,22)14-10-11-16(23-6-3)15(12-14)18-17(20)13-8-7-9-13/h10-13H,4-9H2,1-3H3,(H,18,20). The van der Waals surface area contributed by atoms with Crippen molar-refractivity contribution >= 4 is 21.6 Å². The first kappa shape index (κ1) is 18.7. The summed E-state index contributed by atoms with van der Waals surface area (Å²) in [6.07, 6.45) is 2.83. The summed E-state index contributed by atoms with van der Waals surface area (Å²) >= 11 is 0. The number of rotatable bonds is 8. The van der Waals surface area contributed by atoms with Crippen LogP contribution in [0, 0.1) is 5.92 Å². The van der Waals surface area contributed by atoms with Crippen molar-refractivity contribution in [1.82, 2.24) is 4.31 Å². The molecule has 0 atom stereocenters. The zero-order valence-electron chi connectivity index (χ0n) is 14.5. The molecular weight excluding hydrogens is 328 g/mol. The minimum absolute atomic E-state index is 0.0162. The first-order valence-corrected chi connectivity index (χ1v) is 9.95. The van der Waals surface area contributed by atoms with Crippen LogP contribution < -0.4 is 10.1 Å². The van der Waals surface area contributed by atoms with Gasteiger partial charge in [-0.3, -0.25) is 4.79 Å². The summed E-state index contributed by atoms with van der Waals surface area (Å²) in [6.45, 7) is 6.68. The van der Waals surface area contributed by atoms with Gasteiger partial charge in [0.15, 0.2) is 0 Å². The van der Waals surface area contributed by atoms with Crippen molar-refractivity contribution in [1.29, 1.82) is 0 Å². The molecule has 0 aromatic heterocycles. The molecule has 1 aromatic rings. The number of amides is 1. The Morgan fingerprint density at radius 1 is 1.25 bits per heavy atom. The molecule has 134 valence electrons. The van der Waals surface area contributed by atoms with Crippen LogP contribution in [0.1, 0.15) is 40.0 Å². The Labute approximate surface area is 144 Å². The molecule has 1 amide bonds. The third-order valence-corrected chi connectivity index (χ3v) is 6.37. The Kier molecular flexibility index (Phi) is 6.23. The van der Waals surface area contributed by atoms with Gasteiger partial charge in [0.05, 0.1) is 17.2 Å². The first-order valence-electron chi connectivity index (χ1n) is 8.51. The summed E-state index contributed by atoms with van der Waals surface area (Å²) < 4.78 is 32.3. The van der Waals surface area contributed by atoms with E-state index < -0.39 is 10.0 Å². The molecule has 6 nitrogen and oxygen atoms in total. The van der Waals surface area contributed by atoms with Crippen LogP contribution in [0.3, 0.4) is 0 Å². The maximum atomic E-state index is 12.7. The molecule has 2 rings (SSSR count). The van der Waals surface area contributed by atoms with Gasteiger partial charge in [-0.1, -0.05) is 20.3 Å². The third kappa shape index (κ3) is 3.89. The van der Waals surface area contributed by atoms with Gasteiger partial charge in [0, 0.05) is 19.0 Å². The molecule has 24 heavy (non-hydrogen) atoms. The van der Waals surface area contributed by atoms with E-state index in [1.807, 2.05) is 6.92 Å². The van der Waals surface area contributed by atoms with Crippen LogP contribution in [0.5, 0.6) is 5.75 Å². The minimum Gasteiger partial charge on any atom is -0.492 e. The predicted octanol–water partition coefficient (Wildman–Crippen LogP) is 2.85. The number of benzene rings is 1. The van der Waals surface area contributed by atoms with Gasteiger partial charge < -0.3 is 10.1 Å². The zero-order chi connectivity index (χ0) is 17.7. The fraction of sp³-hybridized carbons (Fsp3) is 0.588. The van der Waals surface area contributed by atoms with Crippen molar-refractivity contribution in [2.75, 3.05) is 25.0 Å². The molecule has 7 heteroatoms.